The van der Waals surface area contributed by atoms with Crippen LogP contribution in [0.25, 0.3) is 0 Å². The largest absolute Gasteiger partial charge is 0.486 e. The summed E-state index contributed by atoms with van der Waals surface area (Å²) in [5, 5.41) is 4.95. The average Bonchev–Trinajstić information content (AvgIpc) is 2.84. The Kier molecular flexibility index (Phi) is 4.00. The molecule has 9 heteroatoms. The average molecular weight is 303 g/mol. The predicted molar refractivity (Wildman–Crippen MR) is 65.6 cm³/mol. The van der Waals surface area contributed by atoms with Crippen LogP contribution in [0.1, 0.15) is 12.4 Å². The van der Waals surface area contributed by atoms with E-state index < -0.39 is 16.6 Å². The first-order valence-electron chi connectivity index (χ1n) is 5.43. The van der Waals surface area contributed by atoms with Gasteiger partial charge in [0.1, 0.15) is 12.4 Å². The van der Waals surface area contributed by atoms with E-state index in [1.165, 1.54) is 30.5 Å². The van der Waals surface area contributed by atoms with Crippen molar-refractivity contribution in [3.8, 4) is 5.75 Å². The Bertz CT molecular complexity index is 683. The molecule has 0 aliphatic rings. The minimum Gasteiger partial charge on any atom is -0.486 e. The SMILES string of the molecule is NS(=O)(=O)c1ccc(OCc2nccn2C(F)F)cc1. The molecule has 0 saturated carbocycles. The van der Waals surface area contributed by atoms with Crippen molar-refractivity contribution < 1.29 is 21.9 Å². The highest BCUT2D eigenvalue weighted by Gasteiger charge is 2.12. The molecule has 0 amide bonds. The Labute approximate surface area is 113 Å². The Hall–Kier alpha value is -2.00. The smallest absolute Gasteiger partial charge is 0.320 e. The van der Waals surface area contributed by atoms with Gasteiger partial charge in [-0.05, 0) is 24.3 Å². The number of imidazole rings is 1. The van der Waals surface area contributed by atoms with Gasteiger partial charge in [-0.3, -0.25) is 4.57 Å². The van der Waals surface area contributed by atoms with Crippen molar-refractivity contribution in [2.45, 2.75) is 18.1 Å². The summed E-state index contributed by atoms with van der Waals surface area (Å²) in [6.07, 6.45) is 2.39. The number of halogens is 2. The van der Waals surface area contributed by atoms with Crippen LogP contribution in [0.5, 0.6) is 5.75 Å². The van der Waals surface area contributed by atoms with Gasteiger partial charge in [0.2, 0.25) is 10.0 Å². The minimum absolute atomic E-state index is 0.0565. The van der Waals surface area contributed by atoms with E-state index in [0.717, 1.165) is 6.20 Å². The van der Waals surface area contributed by atoms with E-state index in [-0.39, 0.29) is 17.3 Å². The molecule has 0 fully saturated rings. The van der Waals surface area contributed by atoms with Crippen LogP contribution < -0.4 is 9.88 Å². The lowest BCUT2D eigenvalue weighted by molar-refractivity contribution is 0.0632. The zero-order valence-corrected chi connectivity index (χ0v) is 10.9. The van der Waals surface area contributed by atoms with Crippen molar-refractivity contribution in [1.29, 1.82) is 0 Å². The molecule has 0 radical (unpaired) electrons. The van der Waals surface area contributed by atoms with Crippen molar-refractivity contribution in [3.63, 3.8) is 0 Å². The number of nitrogens with two attached hydrogens (primary N) is 1. The van der Waals surface area contributed by atoms with E-state index in [0.29, 0.717) is 10.3 Å². The van der Waals surface area contributed by atoms with Gasteiger partial charge in [0.15, 0.2) is 5.82 Å². The molecular weight excluding hydrogens is 292 g/mol. The summed E-state index contributed by atoms with van der Waals surface area (Å²) in [5.74, 6) is 0.386. The van der Waals surface area contributed by atoms with Gasteiger partial charge in [0.25, 0.3) is 0 Å². The maximum absolute atomic E-state index is 12.6. The highest BCUT2D eigenvalue weighted by molar-refractivity contribution is 7.89. The summed E-state index contributed by atoms with van der Waals surface area (Å²) in [7, 11) is -3.77. The molecule has 0 aliphatic heterocycles. The molecule has 20 heavy (non-hydrogen) atoms. The van der Waals surface area contributed by atoms with Crippen molar-refractivity contribution in [3.05, 3.63) is 42.5 Å². The fourth-order valence-electron chi connectivity index (χ4n) is 1.51. The van der Waals surface area contributed by atoms with E-state index in [1.54, 1.807) is 0 Å². The fraction of sp³-hybridized carbons (Fsp3) is 0.182. The molecule has 0 spiro atoms. The molecule has 1 aromatic carbocycles. The van der Waals surface area contributed by atoms with Crippen molar-refractivity contribution in [1.82, 2.24) is 9.55 Å². The van der Waals surface area contributed by atoms with Crippen LogP contribution in [-0.2, 0) is 16.6 Å². The minimum atomic E-state index is -3.77. The number of hydrogen-bond donors (Lipinski definition) is 1. The maximum atomic E-state index is 12.6. The van der Waals surface area contributed by atoms with Gasteiger partial charge < -0.3 is 4.74 Å². The summed E-state index contributed by atoms with van der Waals surface area (Å²) in [6, 6.07) is 5.30. The molecule has 1 heterocycles. The third-order valence-electron chi connectivity index (χ3n) is 2.48. The van der Waals surface area contributed by atoms with Crippen LogP contribution >= 0.6 is 0 Å². The zero-order chi connectivity index (χ0) is 14.8. The van der Waals surface area contributed by atoms with E-state index >= 15 is 0 Å². The Morgan fingerprint density at radius 1 is 1.30 bits per heavy atom. The Morgan fingerprint density at radius 3 is 2.50 bits per heavy atom. The summed E-state index contributed by atoms with van der Waals surface area (Å²) in [4.78, 5) is 3.69. The van der Waals surface area contributed by atoms with Crippen molar-refractivity contribution >= 4 is 10.0 Å². The van der Waals surface area contributed by atoms with Gasteiger partial charge in [-0.15, -0.1) is 0 Å². The topological polar surface area (TPSA) is 87.2 Å². The highest BCUT2D eigenvalue weighted by atomic mass is 32.2. The second-order valence-electron chi connectivity index (χ2n) is 3.83. The molecule has 2 N–H and O–H groups in total. The first-order valence-corrected chi connectivity index (χ1v) is 6.98. The number of rotatable bonds is 5. The van der Waals surface area contributed by atoms with E-state index in [2.05, 4.69) is 4.98 Å². The molecule has 0 aliphatic carbocycles. The zero-order valence-electron chi connectivity index (χ0n) is 10.1. The number of alkyl halides is 2. The van der Waals surface area contributed by atoms with Gasteiger partial charge in [-0.1, -0.05) is 0 Å². The Morgan fingerprint density at radius 2 is 1.95 bits per heavy atom. The predicted octanol–water partition coefficient (Wildman–Crippen LogP) is 1.50. The van der Waals surface area contributed by atoms with E-state index in [1.807, 2.05) is 0 Å². The molecule has 2 aromatic rings. The summed E-state index contributed by atoms with van der Waals surface area (Å²) >= 11 is 0. The standard InChI is InChI=1S/C11H11F2N3O3S/c12-11(13)16-6-5-15-10(16)7-19-8-1-3-9(4-2-8)20(14,17)18/h1-6,11H,7H2,(H2,14,17,18). The first-order chi connectivity index (χ1) is 9.38. The molecule has 0 bridgehead atoms. The molecule has 2 rings (SSSR count). The number of aromatic nitrogens is 2. The quantitative estimate of drug-likeness (QED) is 0.907. The van der Waals surface area contributed by atoms with Crippen LogP contribution in [0.2, 0.25) is 0 Å². The van der Waals surface area contributed by atoms with Gasteiger partial charge in [-0.25, -0.2) is 18.5 Å². The van der Waals surface area contributed by atoms with Crippen LogP contribution in [0.3, 0.4) is 0 Å². The third-order valence-corrected chi connectivity index (χ3v) is 3.41. The van der Waals surface area contributed by atoms with Gasteiger partial charge in [0, 0.05) is 12.4 Å². The van der Waals surface area contributed by atoms with Crippen LogP contribution in [0.15, 0.2) is 41.6 Å². The lowest BCUT2D eigenvalue weighted by Crippen LogP contribution is -2.12. The summed E-state index contributed by atoms with van der Waals surface area (Å²) < 4.78 is 53.1. The monoisotopic (exact) mass is 303 g/mol. The molecule has 6 nitrogen and oxygen atoms in total. The van der Waals surface area contributed by atoms with Crippen LogP contribution in [0, 0.1) is 0 Å². The highest BCUT2D eigenvalue weighted by Crippen LogP contribution is 2.17. The number of ether oxygens (including phenoxy) is 1. The van der Waals surface area contributed by atoms with Crippen LogP contribution in [-0.4, -0.2) is 18.0 Å². The number of primary sulfonamides is 1. The lowest BCUT2D eigenvalue weighted by Gasteiger charge is -2.08. The van der Waals surface area contributed by atoms with Crippen molar-refractivity contribution in [2.75, 3.05) is 0 Å². The molecule has 1 aromatic heterocycles. The van der Waals surface area contributed by atoms with Gasteiger partial charge >= 0.3 is 6.55 Å². The number of benzene rings is 1. The molecule has 0 unspecified atom stereocenters. The number of nitrogens with zero attached hydrogens (tertiary/aromatic N) is 2. The molecule has 0 saturated heterocycles. The van der Waals surface area contributed by atoms with Crippen LogP contribution in [0.4, 0.5) is 8.78 Å². The molecular formula is C11H11F2N3O3S. The maximum Gasteiger partial charge on any atom is 0.320 e. The second kappa shape index (κ2) is 5.55. The normalized spacial score (nSPS) is 11.8. The third kappa shape index (κ3) is 3.31. The van der Waals surface area contributed by atoms with E-state index in [9.17, 15) is 17.2 Å². The Balaban J connectivity index is 2.06. The lowest BCUT2D eigenvalue weighted by atomic mass is 10.3. The second-order valence-corrected chi connectivity index (χ2v) is 5.39. The van der Waals surface area contributed by atoms with E-state index in [4.69, 9.17) is 9.88 Å². The van der Waals surface area contributed by atoms with Gasteiger partial charge in [-0.2, -0.15) is 8.78 Å². The van der Waals surface area contributed by atoms with Gasteiger partial charge in [0.05, 0.1) is 4.90 Å². The first kappa shape index (κ1) is 14.4. The van der Waals surface area contributed by atoms with Crippen molar-refractivity contribution in [2.24, 2.45) is 5.14 Å². The number of hydrogen-bond acceptors (Lipinski definition) is 4. The summed E-state index contributed by atoms with van der Waals surface area (Å²) in [6.45, 7) is -2.85. The fourth-order valence-corrected chi connectivity index (χ4v) is 2.02. The molecule has 108 valence electrons. The summed E-state index contributed by atoms with van der Waals surface area (Å²) in [5.41, 5.74) is 0. The number of sulfonamides is 1. The molecule has 0 atom stereocenters.